The second kappa shape index (κ2) is 5.03. The number of nitrogens with one attached hydrogen (secondary N) is 1. The summed E-state index contributed by atoms with van der Waals surface area (Å²) in [7, 11) is 0. The predicted octanol–water partition coefficient (Wildman–Crippen LogP) is 2.37. The molecular formula is C13H12ClN3O2S. The lowest BCUT2D eigenvalue weighted by Crippen LogP contribution is -2.53. The highest BCUT2D eigenvalue weighted by Crippen LogP contribution is 2.29. The van der Waals surface area contributed by atoms with Crippen molar-refractivity contribution >= 4 is 50.1 Å². The van der Waals surface area contributed by atoms with Crippen LogP contribution in [0.5, 0.6) is 0 Å². The molecule has 7 heteroatoms. The smallest absolute Gasteiger partial charge is 0.232 e. The number of hydrogen-bond donors (Lipinski definition) is 1. The van der Waals surface area contributed by atoms with Crippen LogP contribution in [0.15, 0.2) is 18.2 Å². The van der Waals surface area contributed by atoms with Crippen molar-refractivity contribution in [3.8, 4) is 0 Å². The first-order valence-electron chi connectivity index (χ1n) is 6.15. The quantitative estimate of drug-likeness (QED) is 0.926. The molecule has 1 N–H and O–H groups in total. The van der Waals surface area contributed by atoms with Gasteiger partial charge >= 0.3 is 0 Å². The van der Waals surface area contributed by atoms with Gasteiger partial charge in [0.1, 0.15) is 0 Å². The summed E-state index contributed by atoms with van der Waals surface area (Å²) in [5.41, 5.74) is 0.814. The standard InChI is InChI=1S/C13H12ClN3O2S/c1-7(18)17-5-8(6-17)12(19)16-13-15-10-3-2-9(14)4-11(10)20-13/h2-4,8H,5-6H2,1H3,(H,15,16,19). The summed E-state index contributed by atoms with van der Waals surface area (Å²) < 4.78 is 0.937. The van der Waals surface area contributed by atoms with Crippen LogP contribution in [0.3, 0.4) is 0 Å². The summed E-state index contributed by atoms with van der Waals surface area (Å²) in [6.07, 6.45) is 0. The molecule has 2 amide bonds. The Kier molecular flexibility index (Phi) is 3.35. The third kappa shape index (κ3) is 2.48. The predicted molar refractivity (Wildman–Crippen MR) is 79.0 cm³/mol. The van der Waals surface area contributed by atoms with Crippen LogP contribution < -0.4 is 5.32 Å². The molecule has 0 saturated carbocycles. The Hall–Kier alpha value is -1.66. The zero-order chi connectivity index (χ0) is 14.3. The van der Waals surface area contributed by atoms with Gasteiger partial charge in [-0.15, -0.1) is 0 Å². The van der Waals surface area contributed by atoms with E-state index in [-0.39, 0.29) is 17.7 Å². The number of likely N-dealkylation sites (tertiary alicyclic amines) is 1. The molecule has 2 aromatic rings. The Labute approximate surface area is 124 Å². The van der Waals surface area contributed by atoms with Crippen molar-refractivity contribution in [1.82, 2.24) is 9.88 Å². The molecule has 1 aliphatic rings. The molecule has 3 rings (SSSR count). The molecule has 1 saturated heterocycles. The minimum atomic E-state index is -0.144. The number of carbonyl (C=O) groups is 2. The normalized spacial score (nSPS) is 15.2. The minimum absolute atomic E-state index is 0.00341. The molecule has 0 aliphatic carbocycles. The van der Waals surface area contributed by atoms with Crippen molar-refractivity contribution in [1.29, 1.82) is 0 Å². The van der Waals surface area contributed by atoms with E-state index in [1.807, 2.05) is 12.1 Å². The Morgan fingerprint density at radius 3 is 2.90 bits per heavy atom. The van der Waals surface area contributed by atoms with Crippen LogP contribution in [0.2, 0.25) is 5.02 Å². The maximum absolute atomic E-state index is 12.0. The number of anilines is 1. The molecule has 1 aromatic heterocycles. The molecule has 5 nitrogen and oxygen atoms in total. The summed E-state index contributed by atoms with van der Waals surface area (Å²) in [6.45, 7) is 2.47. The van der Waals surface area contributed by atoms with Gasteiger partial charge < -0.3 is 10.2 Å². The van der Waals surface area contributed by atoms with Crippen LogP contribution >= 0.6 is 22.9 Å². The average molecular weight is 310 g/mol. The molecule has 0 radical (unpaired) electrons. The highest BCUT2D eigenvalue weighted by Gasteiger charge is 2.34. The van der Waals surface area contributed by atoms with E-state index in [9.17, 15) is 9.59 Å². The fraction of sp³-hybridized carbons (Fsp3) is 0.308. The van der Waals surface area contributed by atoms with Crippen molar-refractivity contribution < 1.29 is 9.59 Å². The second-order valence-electron chi connectivity index (χ2n) is 4.74. The SMILES string of the molecule is CC(=O)N1CC(C(=O)Nc2nc3ccc(Cl)cc3s2)C1. The molecule has 0 bridgehead atoms. The molecule has 104 valence electrons. The number of amides is 2. The first-order valence-corrected chi connectivity index (χ1v) is 7.35. The van der Waals surface area contributed by atoms with Gasteiger partial charge in [-0.3, -0.25) is 9.59 Å². The lowest BCUT2D eigenvalue weighted by atomic mass is 9.99. The van der Waals surface area contributed by atoms with Crippen LogP contribution in [0.25, 0.3) is 10.2 Å². The molecule has 20 heavy (non-hydrogen) atoms. The van der Waals surface area contributed by atoms with Crippen molar-refractivity contribution in [2.45, 2.75) is 6.92 Å². The molecule has 1 aromatic carbocycles. The van der Waals surface area contributed by atoms with Crippen molar-refractivity contribution in [2.24, 2.45) is 5.92 Å². The Morgan fingerprint density at radius 2 is 2.20 bits per heavy atom. The summed E-state index contributed by atoms with van der Waals surface area (Å²) in [4.78, 5) is 29.0. The molecule has 0 spiro atoms. The third-order valence-corrected chi connectivity index (χ3v) is 4.45. The topological polar surface area (TPSA) is 62.3 Å². The Bertz CT molecular complexity index is 694. The summed E-state index contributed by atoms with van der Waals surface area (Å²) in [5, 5.41) is 4.01. The summed E-state index contributed by atoms with van der Waals surface area (Å²) in [5.74, 6) is -0.231. The van der Waals surface area contributed by atoms with E-state index in [4.69, 9.17) is 11.6 Å². The fourth-order valence-electron chi connectivity index (χ4n) is 2.06. The fourth-order valence-corrected chi connectivity index (χ4v) is 3.21. The maximum Gasteiger partial charge on any atom is 0.232 e. The van der Waals surface area contributed by atoms with Crippen LogP contribution in [0.4, 0.5) is 5.13 Å². The van der Waals surface area contributed by atoms with E-state index in [0.29, 0.717) is 23.2 Å². The maximum atomic E-state index is 12.0. The number of benzene rings is 1. The van der Waals surface area contributed by atoms with E-state index in [1.165, 1.54) is 18.3 Å². The van der Waals surface area contributed by atoms with E-state index >= 15 is 0 Å². The molecule has 0 atom stereocenters. The van der Waals surface area contributed by atoms with Crippen LogP contribution in [0.1, 0.15) is 6.92 Å². The highest BCUT2D eigenvalue weighted by atomic mass is 35.5. The van der Waals surface area contributed by atoms with Gasteiger partial charge in [0.25, 0.3) is 0 Å². The van der Waals surface area contributed by atoms with Gasteiger partial charge in [-0.1, -0.05) is 22.9 Å². The van der Waals surface area contributed by atoms with Gasteiger partial charge in [0.2, 0.25) is 11.8 Å². The van der Waals surface area contributed by atoms with Gasteiger partial charge in [-0.2, -0.15) is 0 Å². The summed E-state index contributed by atoms with van der Waals surface area (Å²) in [6, 6.07) is 5.42. The number of nitrogens with zero attached hydrogens (tertiary/aromatic N) is 2. The minimum Gasteiger partial charge on any atom is -0.341 e. The van der Waals surface area contributed by atoms with Gasteiger partial charge in [0.15, 0.2) is 5.13 Å². The number of aromatic nitrogens is 1. The number of thiazole rings is 1. The molecule has 1 aliphatic heterocycles. The van der Waals surface area contributed by atoms with Gasteiger partial charge in [0, 0.05) is 25.0 Å². The lowest BCUT2D eigenvalue weighted by molar-refractivity contribution is -0.139. The van der Waals surface area contributed by atoms with Gasteiger partial charge in [-0.05, 0) is 18.2 Å². The van der Waals surface area contributed by atoms with Crippen LogP contribution in [-0.4, -0.2) is 34.8 Å². The van der Waals surface area contributed by atoms with Crippen LogP contribution in [0, 0.1) is 5.92 Å². The number of carbonyl (C=O) groups excluding carboxylic acids is 2. The monoisotopic (exact) mass is 309 g/mol. The van der Waals surface area contributed by atoms with E-state index in [0.717, 1.165) is 10.2 Å². The number of halogens is 1. The van der Waals surface area contributed by atoms with E-state index in [1.54, 1.807) is 11.0 Å². The first-order chi connectivity index (χ1) is 9.52. The highest BCUT2D eigenvalue weighted by molar-refractivity contribution is 7.22. The number of fused-ring (bicyclic) bond motifs is 1. The van der Waals surface area contributed by atoms with Gasteiger partial charge in [0.05, 0.1) is 16.1 Å². The first kappa shape index (κ1) is 13.3. The Morgan fingerprint density at radius 1 is 1.45 bits per heavy atom. The van der Waals surface area contributed by atoms with Crippen LogP contribution in [-0.2, 0) is 9.59 Å². The second-order valence-corrected chi connectivity index (χ2v) is 6.21. The molecular weight excluding hydrogens is 298 g/mol. The van der Waals surface area contributed by atoms with E-state index < -0.39 is 0 Å². The Balaban J connectivity index is 1.67. The lowest BCUT2D eigenvalue weighted by Gasteiger charge is -2.37. The summed E-state index contributed by atoms with van der Waals surface area (Å²) >= 11 is 7.31. The zero-order valence-corrected chi connectivity index (χ0v) is 12.3. The molecule has 2 heterocycles. The average Bonchev–Trinajstić information content (AvgIpc) is 2.67. The van der Waals surface area contributed by atoms with Gasteiger partial charge in [-0.25, -0.2) is 4.98 Å². The van der Waals surface area contributed by atoms with Crippen molar-refractivity contribution in [2.75, 3.05) is 18.4 Å². The van der Waals surface area contributed by atoms with Crippen molar-refractivity contribution in [3.63, 3.8) is 0 Å². The van der Waals surface area contributed by atoms with Crippen molar-refractivity contribution in [3.05, 3.63) is 23.2 Å². The third-order valence-electron chi connectivity index (χ3n) is 3.28. The largest absolute Gasteiger partial charge is 0.341 e. The molecule has 0 unspecified atom stereocenters. The number of hydrogen-bond acceptors (Lipinski definition) is 4. The zero-order valence-electron chi connectivity index (χ0n) is 10.7. The number of rotatable bonds is 2. The molecule has 1 fully saturated rings. The van der Waals surface area contributed by atoms with E-state index in [2.05, 4.69) is 10.3 Å².